The van der Waals surface area contributed by atoms with E-state index in [2.05, 4.69) is 18.7 Å². The summed E-state index contributed by atoms with van der Waals surface area (Å²) in [6.07, 6.45) is 4.36. The first kappa shape index (κ1) is 11.9. The zero-order chi connectivity index (χ0) is 11.8. The second-order valence-electron chi connectivity index (χ2n) is 5.38. The number of esters is 1. The average molecular weight is 225 g/mol. The van der Waals surface area contributed by atoms with Gasteiger partial charge in [0.25, 0.3) is 0 Å². The zero-order valence-electron chi connectivity index (χ0n) is 10.7. The molecule has 0 amide bonds. The molecule has 0 aromatic heterocycles. The number of rotatable bonds is 3. The SMILES string of the molecule is CCC1CN2CC(CC)CC2(C(=O)OC)C1. The van der Waals surface area contributed by atoms with Crippen LogP contribution in [0.5, 0.6) is 0 Å². The van der Waals surface area contributed by atoms with Crippen LogP contribution in [0.4, 0.5) is 0 Å². The van der Waals surface area contributed by atoms with Gasteiger partial charge in [-0.15, -0.1) is 0 Å². The number of fused-ring (bicyclic) bond motifs is 1. The molecule has 0 bridgehead atoms. The summed E-state index contributed by atoms with van der Waals surface area (Å²) in [6.45, 7) is 6.61. The van der Waals surface area contributed by atoms with Gasteiger partial charge in [0, 0.05) is 13.1 Å². The number of carbonyl (C=O) groups is 1. The van der Waals surface area contributed by atoms with E-state index in [9.17, 15) is 4.79 Å². The predicted molar refractivity (Wildman–Crippen MR) is 63.1 cm³/mol. The Bertz CT molecular complexity index is 261. The molecule has 2 aliphatic heterocycles. The summed E-state index contributed by atoms with van der Waals surface area (Å²) < 4.78 is 5.04. The van der Waals surface area contributed by atoms with Crippen LogP contribution in [-0.4, -0.2) is 36.6 Å². The fourth-order valence-corrected chi connectivity index (χ4v) is 3.51. The molecule has 0 aromatic rings. The lowest BCUT2D eigenvalue weighted by molar-refractivity contribution is -0.151. The highest BCUT2D eigenvalue weighted by Gasteiger charge is 2.56. The molecule has 92 valence electrons. The summed E-state index contributed by atoms with van der Waals surface area (Å²) >= 11 is 0. The van der Waals surface area contributed by atoms with Crippen molar-refractivity contribution in [1.29, 1.82) is 0 Å². The minimum Gasteiger partial charge on any atom is -0.468 e. The molecule has 0 saturated carbocycles. The van der Waals surface area contributed by atoms with Gasteiger partial charge < -0.3 is 4.74 Å². The third-order valence-corrected chi connectivity index (χ3v) is 4.54. The van der Waals surface area contributed by atoms with Crippen LogP contribution in [-0.2, 0) is 9.53 Å². The third-order valence-electron chi connectivity index (χ3n) is 4.54. The van der Waals surface area contributed by atoms with Crippen LogP contribution in [0.2, 0.25) is 0 Å². The molecule has 0 radical (unpaired) electrons. The van der Waals surface area contributed by atoms with Gasteiger partial charge in [0.05, 0.1) is 7.11 Å². The van der Waals surface area contributed by atoms with Crippen LogP contribution < -0.4 is 0 Å². The van der Waals surface area contributed by atoms with E-state index in [1.165, 1.54) is 20.0 Å². The van der Waals surface area contributed by atoms with Crippen molar-refractivity contribution in [1.82, 2.24) is 4.90 Å². The Balaban J connectivity index is 2.19. The second kappa shape index (κ2) is 4.36. The minimum atomic E-state index is -0.268. The number of hydrogen-bond acceptors (Lipinski definition) is 3. The van der Waals surface area contributed by atoms with Gasteiger partial charge in [0.2, 0.25) is 0 Å². The summed E-state index contributed by atoms with van der Waals surface area (Å²) in [6, 6.07) is 0. The fourth-order valence-electron chi connectivity index (χ4n) is 3.51. The van der Waals surface area contributed by atoms with Gasteiger partial charge >= 0.3 is 5.97 Å². The smallest absolute Gasteiger partial charge is 0.326 e. The summed E-state index contributed by atoms with van der Waals surface area (Å²) in [5.74, 6) is 1.35. The van der Waals surface area contributed by atoms with Gasteiger partial charge in [-0.05, 0) is 24.7 Å². The van der Waals surface area contributed by atoms with Crippen molar-refractivity contribution in [2.45, 2.75) is 45.1 Å². The standard InChI is InChI=1S/C13H23NO2/c1-4-10-6-13(12(15)16-3)7-11(5-2)9-14(13)8-10/h10-11H,4-9H2,1-3H3. The highest BCUT2D eigenvalue weighted by atomic mass is 16.5. The molecule has 0 spiro atoms. The van der Waals surface area contributed by atoms with E-state index in [4.69, 9.17) is 4.74 Å². The van der Waals surface area contributed by atoms with Crippen LogP contribution in [0, 0.1) is 11.8 Å². The zero-order valence-corrected chi connectivity index (χ0v) is 10.7. The van der Waals surface area contributed by atoms with E-state index < -0.39 is 0 Å². The normalized spacial score (nSPS) is 38.7. The Kier molecular flexibility index (Phi) is 3.24. The summed E-state index contributed by atoms with van der Waals surface area (Å²) in [5, 5.41) is 0. The topological polar surface area (TPSA) is 29.5 Å². The van der Waals surface area contributed by atoms with Gasteiger partial charge in [-0.2, -0.15) is 0 Å². The Morgan fingerprint density at radius 1 is 1.25 bits per heavy atom. The number of methoxy groups -OCH3 is 1. The third kappa shape index (κ3) is 1.65. The molecule has 2 saturated heterocycles. The van der Waals surface area contributed by atoms with E-state index in [1.807, 2.05) is 0 Å². The van der Waals surface area contributed by atoms with E-state index >= 15 is 0 Å². The van der Waals surface area contributed by atoms with Crippen molar-refractivity contribution in [3.63, 3.8) is 0 Å². The lowest BCUT2D eigenvalue weighted by Crippen LogP contribution is -2.46. The van der Waals surface area contributed by atoms with Crippen molar-refractivity contribution >= 4 is 5.97 Å². The van der Waals surface area contributed by atoms with E-state index in [0.717, 1.165) is 25.9 Å². The molecule has 0 aliphatic carbocycles. The molecule has 0 N–H and O–H groups in total. The van der Waals surface area contributed by atoms with Crippen molar-refractivity contribution in [3.8, 4) is 0 Å². The second-order valence-corrected chi connectivity index (χ2v) is 5.38. The van der Waals surface area contributed by atoms with Gasteiger partial charge in [-0.3, -0.25) is 9.69 Å². The first-order valence-electron chi connectivity index (χ1n) is 6.49. The monoisotopic (exact) mass is 225 g/mol. The van der Waals surface area contributed by atoms with Crippen molar-refractivity contribution in [3.05, 3.63) is 0 Å². The fraction of sp³-hybridized carbons (Fsp3) is 0.923. The van der Waals surface area contributed by atoms with Crippen LogP contribution >= 0.6 is 0 Å². The first-order valence-corrected chi connectivity index (χ1v) is 6.49. The van der Waals surface area contributed by atoms with Crippen LogP contribution in [0.3, 0.4) is 0 Å². The Morgan fingerprint density at radius 3 is 2.12 bits per heavy atom. The van der Waals surface area contributed by atoms with Crippen molar-refractivity contribution in [2.75, 3.05) is 20.2 Å². The molecule has 3 heteroatoms. The number of ether oxygens (including phenoxy) is 1. The number of nitrogens with zero attached hydrogens (tertiary/aromatic N) is 1. The average Bonchev–Trinajstić information content (AvgIpc) is 2.81. The van der Waals surface area contributed by atoms with Crippen LogP contribution in [0.1, 0.15) is 39.5 Å². The molecule has 2 atom stereocenters. The lowest BCUT2D eigenvalue weighted by atomic mass is 9.85. The summed E-state index contributed by atoms with van der Waals surface area (Å²) in [4.78, 5) is 14.5. The minimum absolute atomic E-state index is 0.000556. The largest absolute Gasteiger partial charge is 0.468 e. The lowest BCUT2D eigenvalue weighted by Gasteiger charge is -2.28. The summed E-state index contributed by atoms with van der Waals surface area (Å²) in [7, 11) is 1.52. The van der Waals surface area contributed by atoms with Crippen molar-refractivity contribution in [2.24, 2.45) is 11.8 Å². The van der Waals surface area contributed by atoms with E-state index in [1.54, 1.807) is 0 Å². The van der Waals surface area contributed by atoms with Gasteiger partial charge in [0.15, 0.2) is 0 Å². The molecular formula is C13H23NO2. The molecule has 3 nitrogen and oxygen atoms in total. The molecule has 2 unspecified atom stereocenters. The molecule has 0 aromatic carbocycles. The highest BCUT2D eigenvalue weighted by Crippen LogP contribution is 2.46. The molecule has 2 rings (SSSR count). The highest BCUT2D eigenvalue weighted by molar-refractivity contribution is 5.81. The van der Waals surface area contributed by atoms with E-state index in [0.29, 0.717) is 11.8 Å². The van der Waals surface area contributed by atoms with Crippen LogP contribution in [0.25, 0.3) is 0 Å². The van der Waals surface area contributed by atoms with Gasteiger partial charge in [0.1, 0.15) is 5.54 Å². The quantitative estimate of drug-likeness (QED) is 0.689. The number of carbonyl (C=O) groups excluding carboxylic acids is 1. The first-order chi connectivity index (χ1) is 7.66. The Hall–Kier alpha value is -0.570. The van der Waals surface area contributed by atoms with Crippen molar-refractivity contribution < 1.29 is 9.53 Å². The predicted octanol–water partition coefficient (Wildman–Crippen LogP) is 2.06. The Morgan fingerprint density at radius 2 is 1.75 bits per heavy atom. The maximum Gasteiger partial charge on any atom is 0.326 e. The molecule has 2 heterocycles. The Labute approximate surface area is 98.1 Å². The molecule has 16 heavy (non-hydrogen) atoms. The van der Waals surface area contributed by atoms with Gasteiger partial charge in [-0.1, -0.05) is 26.7 Å². The van der Waals surface area contributed by atoms with E-state index in [-0.39, 0.29) is 11.5 Å². The summed E-state index contributed by atoms with van der Waals surface area (Å²) in [5.41, 5.74) is -0.268. The van der Waals surface area contributed by atoms with Gasteiger partial charge in [-0.25, -0.2) is 0 Å². The van der Waals surface area contributed by atoms with Crippen LogP contribution in [0.15, 0.2) is 0 Å². The maximum atomic E-state index is 12.1. The number of hydrogen-bond donors (Lipinski definition) is 0. The molecule has 2 fully saturated rings. The molecule has 2 aliphatic rings. The maximum absolute atomic E-state index is 12.1. The molecular weight excluding hydrogens is 202 g/mol.